The first kappa shape index (κ1) is 13.2. The molecule has 1 aromatic rings. The first-order valence-corrected chi connectivity index (χ1v) is 6.06. The monoisotopic (exact) mass is 258 g/mol. The molecule has 5 heteroatoms. The molecule has 1 saturated heterocycles. The van der Waals surface area contributed by atoms with Gasteiger partial charge < -0.3 is 10.6 Å². The van der Waals surface area contributed by atoms with Crippen LogP contribution in [0, 0.1) is 6.92 Å². The molecule has 2 N–H and O–H groups in total. The van der Waals surface area contributed by atoms with E-state index < -0.39 is 11.7 Å². The highest BCUT2D eigenvalue weighted by molar-refractivity contribution is 5.56. The Balaban J connectivity index is 2.31. The number of benzene rings is 1. The Bertz CT molecular complexity index is 429. The van der Waals surface area contributed by atoms with Crippen molar-refractivity contribution in [1.29, 1.82) is 0 Å². The van der Waals surface area contributed by atoms with Gasteiger partial charge in [0.05, 0.1) is 5.56 Å². The van der Waals surface area contributed by atoms with Crippen molar-refractivity contribution < 1.29 is 13.2 Å². The third-order valence-electron chi connectivity index (χ3n) is 3.33. The lowest BCUT2D eigenvalue weighted by Crippen LogP contribution is -2.43. The summed E-state index contributed by atoms with van der Waals surface area (Å²) >= 11 is 0. The topological polar surface area (TPSA) is 29.3 Å². The number of hydrogen-bond donors (Lipinski definition) is 1. The van der Waals surface area contributed by atoms with Gasteiger partial charge >= 0.3 is 6.18 Å². The van der Waals surface area contributed by atoms with E-state index >= 15 is 0 Å². The molecule has 0 bridgehead atoms. The molecule has 1 aliphatic rings. The number of hydrogen-bond acceptors (Lipinski definition) is 2. The Labute approximate surface area is 105 Å². The fourth-order valence-electron chi connectivity index (χ4n) is 2.36. The van der Waals surface area contributed by atoms with Crippen molar-refractivity contribution in [2.24, 2.45) is 5.73 Å². The van der Waals surface area contributed by atoms with Crippen LogP contribution in [-0.4, -0.2) is 19.1 Å². The molecule has 0 radical (unpaired) electrons. The molecule has 2 rings (SSSR count). The predicted molar refractivity (Wildman–Crippen MR) is 65.6 cm³/mol. The van der Waals surface area contributed by atoms with Crippen molar-refractivity contribution in [2.75, 3.05) is 18.0 Å². The van der Waals surface area contributed by atoms with Crippen molar-refractivity contribution in [3.63, 3.8) is 0 Å². The fourth-order valence-corrected chi connectivity index (χ4v) is 2.36. The van der Waals surface area contributed by atoms with Crippen LogP contribution in [0.5, 0.6) is 0 Å². The van der Waals surface area contributed by atoms with E-state index in [4.69, 9.17) is 5.73 Å². The molecule has 0 aromatic heterocycles. The van der Waals surface area contributed by atoms with Crippen LogP contribution >= 0.6 is 0 Å². The minimum absolute atomic E-state index is 0.0488. The van der Waals surface area contributed by atoms with E-state index in [-0.39, 0.29) is 6.04 Å². The number of aryl methyl sites for hydroxylation is 1. The standard InChI is InChI=1S/C13H17F3N2/c1-9-4-5-10(13(14,15)16)7-12(9)18-6-2-3-11(17)8-18/h4-5,7,11H,2-3,6,8,17H2,1H3. The molecule has 2 nitrogen and oxygen atoms in total. The molecule has 100 valence electrons. The van der Waals surface area contributed by atoms with Gasteiger partial charge in [0.1, 0.15) is 0 Å². The van der Waals surface area contributed by atoms with Gasteiger partial charge in [0, 0.05) is 24.8 Å². The zero-order chi connectivity index (χ0) is 13.3. The molecule has 0 aliphatic carbocycles. The first-order valence-electron chi connectivity index (χ1n) is 6.06. The largest absolute Gasteiger partial charge is 0.416 e. The minimum Gasteiger partial charge on any atom is -0.370 e. The Morgan fingerprint density at radius 2 is 2.06 bits per heavy atom. The molecule has 1 unspecified atom stereocenters. The summed E-state index contributed by atoms with van der Waals surface area (Å²) in [5.74, 6) is 0. The maximum absolute atomic E-state index is 12.7. The Morgan fingerprint density at radius 3 is 2.67 bits per heavy atom. The molecule has 1 heterocycles. The molecule has 0 saturated carbocycles. The zero-order valence-electron chi connectivity index (χ0n) is 10.3. The molecule has 1 aliphatic heterocycles. The molecule has 0 amide bonds. The van der Waals surface area contributed by atoms with Crippen molar-refractivity contribution in [2.45, 2.75) is 32.0 Å². The zero-order valence-corrected chi connectivity index (χ0v) is 10.3. The Morgan fingerprint density at radius 1 is 1.33 bits per heavy atom. The molecule has 1 atom stereocenters. The summed E-state index contributed by atoms with van der Waals surface area (Å²) in [7, 11) is 0. The molecule has 18 heavy (non-hydrogen) atoms. The fraction of sp³-hybridized carbons (Fsp3) is 0.538. The normalized spacial score (nSPS) is 21.2. The van der Waals surface area contributed by atoms with Crippen LogP contribution in [0.3, 0.4) is 0 Å². The summed E-state index contributed by atoms with van der Waals surface area (Å²) in [5, 5.41) is 0. The van der Waals surface area contributed by atoms with Crippen molar-refractivity contribution in [3.8, 4) is 0 Å². The van der Waals surface area contributed by atoms with E-state index in [0.717, 1.165) is 31.0 Å². The lowest BCUT2D eigenvalue weighted by Gasteiger charge is -2.34. The number of rotatable bonds is 1. The summed E-state index contributed by atoms with van der Waals surface area (Å²) in [6.07, 6.45) is -2.42. The van der Waals surface area contributed by atoms with E-state index in [0.29, 0.717) is 12.2 Å². The van der Waals surface area contributed by atoms with Gasteiger partial charge in [-0.15, -0.1) is 0 Å². The maximum atomic E-state index is 12.7. The molecular weight excluding hydrogens is 241 g/mol. The van der Waals surface area contributed by atoms with Crippen LogP contribution in [0.15, 0.2) is 18.2 Å². The summed E-state index contributed by atoms with van der Waals surface area (Å²) in [6.45, 7) is 3.23. The second kappa shape index (κ2) is 4.80. The Kier molecular flexibility index (Phi) is 3.52. The highest BCUT2D eigenvalue weighted by Crippen LogP contribution is 2.34. The van der Waals surface area contributed by atoms with Crippen LogP contribution in [0.4, 0.5) is 18.9 Å². The van der Waals surface area contributed by atoms with Crippen LogP contribution in [0.1, 0.15) is 24.0 Å². The van der Waals surface area contributed by atoms with Gasteiger partial charge in [-0.3, -0.25) is 0 Å². The highest BCUT2D eigenvalue weighted by atomic mass is 19.4. The number of nitrogens with two attached hydrogens (primary N) is 1. The van der Waals surface area contributed by atoms with E-state index in [1.807, 2.05) is 11.8 Å². The summed E-state index contributed by atoms with van der Waals surface area (Å²) in [4.78, 5) is 1.96. The lowest BCUT2D eigenvalue weighted by molar-refractivity contribution is -0.137. The van der Waals surface area contributed by atoms with E-state index in [1.54, 1.807) is 0 Å². The maximum Gasteiger partial charge on any atom is 0.416 e. The second-order valence-electron chi connectivity index (χ2n) is 4.85. The van der Waals surface area contributed by atoms with Gasteiger partial charge in [-0.1, -0.05) is 6.07 Å². The van der Waals surface area contributed by atoms with Crippen LogP contribution in [0.2, 0.25) is 0 Å². The van der Waals surface area contributed by atoms with E-state index in [1.165, 1.54) is 12.1 Å². The second-order valence-corrected chi connectivity index (χ2v) is 4.85. The van der Waals surface area contributed by atoms with Gasteiger partial charge in [0.2, 0.25) is 0 Å². The van der Waals surface area contributed by atoms with Crippen molar-refractivity contribution in [3.05, 3.63) is 29.3 Å². The number of halogens is 3. The average Bonchev–Trinajstić information content (AvgIpc) is 2.28. The quantitative estimate of drug-likeness (QED) is 0.839. The van der Waals surface area contributed by atoms with E-state index in [2.05, 4.69) is 0 Å². The van der Waals surface area contributed by atoms with Gasteiger partial charge in [0.15, 0.2) is 0 Å². The smallest absolute Gasteiger partial charge is 0.370 e. The molecule has 1 aromatic carbocycles. The van der Waals surface area contributed by atoms with Crippen LogP contribution in [0.25, 0.3) is 0 Å². The third kappa shape index (κ3) is 2.77. The number of alkyl halides is 3. The molecule has 1 fully saturated rings. The molecule has 0 spiro atoms. The summed E-state index contributed by atoms with van der Waals surface area (Å²) in [5.41, 5.74) is 6.79. The lowest BCUT2D eigenvalue weighted by atomic mass is 10.0. The average molecular weight is 258 g/mol. The van der Waals surface area contributed by atoms with Crippen molar-refractivity contribution in [1.82, 2.24) is 0 Å². The summed E-state index contributed by atoms with van der Waals surface area (Å²) < 4.78 is 38.1. The van der Waals surface area contributed by atoms with Crippen LogP contribution < -0.4 is 10.6 Å². The highest BCUT2D eigenvalue weighted by Gasteiger charge is 2.31. The summed E-state index contributed by atoms with van der Waals surface area (Å²) in [6, 6.07) is 3.93. The number of anilines is 1. The third-order valence-corrected chi connectivity index (χ3v) is 3.33. The van der Waals surface area contributed by atoms with Gasteiger partial charge in [-0.2, -0.15) is 13.2 Å². The van der Waals surface area contributed by atoms with E-state index in [9.17, 15) is 13.2 Å². The SMILES string of the molecule is Cc1ccc(C(F)(F)F)cc1N1CCCC(N)C1. The molecular formula is C13H17F3N2. The van der Waals surface area contributed by atoms with Gasteiger partial charge in [-0.25, -0.2) is 0 Å². The van der Waals surface area contributed by atoms with Crippen molar-refractivity contribution >= 4 is 5.69 Å². The number of nitrogens with zero attached hydrogens (tertiary/aromatic N) is 1. The number of piperidine rings is 1. The minimum atomic E-state index is -4.29. The van der Waals surface area contributed by atoms with Crippen LogP contribution in [-0.2, 0) is 6.18 Å². The predicted octanol–water partition coefficient (Wildman–Crippen LogP) is 2.94. The van der Waals surface area contributed by atoms with Gasteiger partial charge in [-0.05, 0) is 37.5 Å². The van der Waals surface area contributed by atoms with Gasteiger partial charge in [0.25, 0.3) is 0 Å². The first-order chi connectivity index (χ1) is 8.38. The Hall–Kier alpha value is -1.23.